The molecule has 0 radical (unpaired) electrons. The summed E-state index contributed by atoms with van der Waals surface area (Å²) in [6.45, 7) is 6.64. The molecular weight excluding hydrogens is 160 g/mol. The van der Waals surface area contributed by atoms with Crippen molar-refractivity contribution in [2.75, 3.05) is 6.54 Å². The molecule has 2 heterocycles. The van der Waals surface area contributed by atoms with E-state index in [-0.39, 0.29) is 0 Å². The Morgan fingerprint density at radius 1 is 1.54 bits per heavy atom. The third-order valence-corrected chi connectivity index (χ3v) is 2.83. The van der Waals surface area contributed by atoms with E-state index in [0.717, 1.165) is 13.1 Å². The van der Waals surface area contributed by atoms with Crippen LogP contribution in [0.5, 0.6) is 0 Å². The molecule has 0 spiro atoms. The first-order valence-electron chi connectivity index (χ1n) is 4.92. The predicted octanol–water partition coefficient (Wildman–Crippen LogP) is 1.92. The lowest BCUT2D eigenvalue weighted by Crippen LogP contribution is -2.30. The lowest BCUT2D eigenvalue weighted by Gasteiger charge is -2.28. The molecule has 1 N–H and O–H groups in total. The molecule has 13 heavy (non-hydrogen) atoms. The number of hydrogen-bond acceptors (Lipinski definition) is 2. The third-order valence-electron chi connectivity index (χ3n) is 2.83. The Hall–Kier alpha value is -0.890. The minimum Gasteiger partial charge on any atom is -0.312 e. The van der Waals surface area contributed by atoms with Crippen LogP contribution in [-0.4, -0.2) is 11.5 Å². The number of hydrogen-bond donors (Lipinski definition) is 1. The lowest BCUT2D eigenvalue weighted by molar-refractivity contribution is 0.434. The zero-order valence-electron chi connectivity index (χ0n) is 8.25. The number of nitrogens with one attached hydrogen (secondary N) is 1. The molecule has 1 atom stereocenters. The summed E-state index contributed by atoms with van der Waals surface area (Å²) in [5, 5.41) is 3.44. The quantitative estimate of drug-likeness (QED) is 0.707. The first-order chi connectivity index (χ1) is 6.29. The highest BCUT2D eigenvalue weighted by molar-refractivity contribution is 5.29. The molecule has 2 nitrogen and oxygen atoms in total. The molecule has 1 aromatic heterocycles. The van der Waals surface area contributed by atoms with E-state index in [4.69, 9.17) is 0 Å². The summed E-state index contributed by atoms with van der Waals surface area (Å²) >= 11 is 0. The van der Waals surface area contributed by atoms with Gasteiger partial charge >= 0.3 is 0 Å². The number of rotatable bonds is 1. The fourth-order valence-electron chi connectivity index (χ4n) is 2.00. The molecule has 0 saturated heterocycles. The van der Waals surface area contributed by atoms with Crippen LogP contribution in [0.15, 0.2) is 18.5 Å². The largest absolute Gasteiger partial charge is 0.312 e. The number of pyridine rings is 1. The normalized spacial score (nSPS) is 21.6. The van der Waals surface area contributed by atoms with Crippen molar-refractivity contribution < 1.29 is 0 Å². The Kier molecular flexibility index (Phi) is 2.32. The minimum absolute atomic E-state index is 0.637. The van der Waals surface area contributed by atoms with Crippen LogP contribution >= 0.6 is 0 Å². The molecule has 1 unspecified atom stereocenters. The van der Waals surface area contributed by atoms with Crippen LogP contribution in [0.2, 0.25) is 0 Å². The molecule has 0 bridgehead atoms. The van der Waals surface area contributed by atoms with Gasteiger partial charge in [-0.15, -0.1) is 0 Å². The summed E-state index contributed by atoms with van der Waals surface area (Å²) in [4.78, 5) is 4.20. The Bertz CT molecular complexity index is 294. The molecule has 0 saturated carbocycles. The van der Waals surface area contributed by atoms with Crippen LogP contribution < -0.4 is 5.32 Å². The van der Waals surface area contributed by atoms with Gasteiger partial charge in [-0.2, -0.15) is 0 Å². The van der Waals surface area contributed by atoms with E-state index in [9.17, 15) is 0 Å². The summed E-state index contributed by atoms with van der Waals surface area (Å²) in [5.74, 6) is 1.33. The number of aromatic nitrogens is 1. The van der Waals surface area contributed by atoms with Crippen molar-refractivity contribution in [1.82, 2.24) is 10.3 Å². The van der Waals surface area contributed by atoms with E-state index in [1.807, 2.05) is 12.4 Å². The van der Waals surface area contributed by atoms with Gasteiger partial charge in [-0.25, -0.2) is 0 Å². The van der Waals surface area contributed by atoms with Gasteiger partial charge in [-0.05, 0) is 23.1 Å². The van der Waals surface area contributed by atoms with E-state index in [1.54, 1.807) is 0 Å². The molecule has 0 aliphatic carbocycles. The van der Waals surface area contributed by atoms with E-state index >= 15 is 0 Å². The van der Waals surface area contributed by atoms with Crippen LogP contribution in [0, 0.1) is 5.92 Å². The van der Waals surface area contributed by atoms with Gasteiger partial charge in [-0.1, -0.05) is 13.8 Å². The molecule has 1 aromatic rings. The zero-order valence-corrected chi connectivity index (χ0v) is 8.25. The monoisotopic (exact) mass is 176 g/mol. The zero-order chi connectivity index (χ0) is 9.26. The number of fused-ring (bicyclic) bond motifs is 1. The predicted molar refractivity (Wildman–Crippen MR) is 53.5 cm³/mol. The van der Waals surface area contributed by atoms with Crippen molar-refractivity contribution in [3.05, 3.63) is 29.6 Å². The SMILES string of the molecule is CC(C)C1CNCc2ccncc21. The second-order valence-corrected chi connectivity index (χ2v) is 4.06. The highest BCUT2D eigenvalue weighted by Gasteiger charge is 2.22. The molecule has 1 aliphatic rings. The van der Waals surface area contributed by atoms with Crippen molar-refractivity contribution in [3.63, 3.8) is 0 Å². The van der Waals surface area contributed by atoms with Gasteiger partial charge in [0.2, 0.25) is 0 Å². The maximum absolute atomic E-state index is 4.20. The summed E-state index contributed by atoms with van der Waals surface area (Å²) in [6.07, 6.45) is 3.91. The van der Waals surface area contributed by atoms with Crippen LogP contribution in [0.4, 0.5) is 0 Å². The highest BCUT2D eigenvalue weighted by Crippen LogP contribution is 2.28. The first kappa shape index (κ1) is 8.70. The van der Waals surface area contributed by atoms with Gasteiger partial charge in [0.1, 0.15) is 0 Å². The second kappa shape index (κ2) is 3.46. The van der Waals surface area contributed by atoms with Gasteiger partial charge in [0, 0.05) is 31.4 Å². The fraction of sp³-hybridized carbons (Fsp3) is 0.545. The van der Waals surface area contributed by atoms with Crippen molar-refractivity contribution in [2.45, 2.75) is 26.3 Å². The van der Waals surface area contributed by atoms with Crippen molar-refractivity contribution in [2.24, 2.45) is 5.92 Å². The maximum atomic E-state index is 4.20. The van der Waals surface area contributed by atoms with Crippen molar-refractivity contribution in [3.8, 4) is 0 Å². The van der Waals surface area contributed by atoms with Crippen LogP contribution in [0.25, 0.3) is 0 Å². The van der Waals surface area contributed by atoms with Gasteiger partial charge in [0.15, 0.2) is 0 Å². The number of nitrogens with zero attached hydrogens (tertiary/aromatic N) is 1. The van der Waals surface area contributed by atoms with E-state index in [1.165, 1.54) is 11.1 Å². The van der Waals surface area contributed by atoms with E-state index in [2.05, 4.69) is 30.2 Å². The van der Waals surface area contributed by atoms with Crippen LogP contribution in [0.1, 0.15) is 30.9 Å². The van der Waals surface area contributed by atoms with Crippen LogP contribution in [-0.2, 0) is 6.54 Å². The third kappa shape index (κ3) is 1.59. The van der Waals surface area contributed by atoms with E-state index < -0.39 is 0 Å². The summed E-state index contributed by atoms with van der Waals surface area (Å²) < 4.78 is 0. The first-order valence-corrected chi connectivity index (χ1v) is 4.92. The molecule has 0 aromatic carbocycles. The molecule has 70 valence electrons. The standard InChI is InChI=1S/C11H16N2/c1-8(2)10-6-13-5-9-3-4-12-7-11(9)10/h3-4,7-8,10,13H,5-6H2,1-2H3. The second-order valence-electron chi connectivity index (χ2n) is 4.06. The Morgan fingerprint density at radius 3 is 3.15 bits per heavy atom. The molecule has 2 heteroatoms. The molecule has 0 fully saturated rings. The van der Waals surface area contributed by atoms with Gasteiger partial charge in [-0.3, -0.25) is 4.98 Å². The molecular formula is C11H16N2. The molecule has 2 rings (SSSR count). The van der Waals surface area contributed by atoms with Gasteiger partial charge in [0.25, 0.3) is 0 Å². The smallest absolute Gasteiger partial charge is 0.0306 e. The van der Waals surface area contributed by atoms with Crippen LogP contribution in [0.3, 0.4) is 0 Å². The van der Waals surface area contributed by atoms with Crippen molar-refractivity contribution >= 4 is 0 Å². The summed E-state index contributed by atoms with van der Waals surface area (Å²) in [7, 11) is 0. The maximum Gasteiger partial charge on any atom is 0.0306 e. The van der Waals surface area contributed by atoms with Crippen molar-refractivity contribution in [1.29, 1.82) is 0 Å². The highest BCUT2D eigenvalue weighted by atomic mass is 14.9. The Morgan fingerprint density at radius 2 is 2.38 bits per heavy atom. The molecule has 1 aliphatic heterocycles. The average Bonchev–Trinajstić information content (AvgIpc) is 2.17. The Labute approximate surface area is 79.4 Å². The minimum atomic E-state index is 0.637. The fourth-order valence-corrected chi connectivity index (χ4v) is 2.00. The lowest BCUT2D eigenvalue weighted by atomic mass is 9.84. The van der Waals surface area contributed by atoms with Gasteiger partial charge in [0.05, 0.1) is 0 Å². The average molecular weight is 176 g/mol. The van der Waals surface area contributed by atoms with Gasteiger partial charge < -0.3 is 5.32 Å². The summed E-state index contributed by atoms with van der Waals surface area (Å²) in [6, 6.07) is 2.12. The summed E-state index contributed by atoms with van der Waals surface area (Å²) in [5.41, 5.74) is 2.86. The Balaban J connectivity index is 2.37. The molecule has 0 amide bonds. The topological polar surface area (TPSA) is 24.9 Å². The van der Waals surface area contributed by atoms with E-state index in [0.29, 0.717) is 11.8 Å².